The van der Waals surface area contributed by atoms with Gasteiger partial charge in [-0.15, -0.1) is 0 Å². The van der Waals surface area contributed by atoms with Gasteiger partial charge in [-0.1, -0.05) is 30.3 Å². The van der Waals surface area contributed by atoms with Gasteiger partial charge in [-0.2, -0.15) is 0 Å². The molecule has 2 aliphatic rings. The Morgan fingerprint density at radius 1 is 1.16 bits per heavy atom. The second kappa shape index (κ2) is 7.10. The lowest BCUT2D eigenvalue weighted by Gasteiger charge is -2.35. The van der Waals surface area contributed by atoms with E-state index in [1.165, 1.54) is 11.1 Å². The minimum absolute atomic E-state index is 0.238. The predicted molar refractivity (Wildman–Crippen MR) is 98.5 cm³/mol. The number of piperidine rings is 1. The van der Waals surface area contributed by atoms with Crippen molar-refractivity contribution in [3.05, 3.63) is 53.0 Å². The van der Waals surface area contributed by atoms with Gasteiger partial charge in [-0.25, -0.2) is 9.97 Å². The molecule has 2 aliphatic heterocycles. The summed E-state index contributed by atoms with van der Waals surface area (Å²) in [6.45, 7) is 6.50. The van der Waals surface area contributed by atoms with Crippen LogP contribution < -0.4 is 4.90 Å². The van der Waals surface area contributed by atoms with Gasteiger partial charge in [0.1, 0.15) is 11.6 Å². The van der Waals surface area contributed by atoms with E-state index < -0.39 is 0 Å². The van der Waals surface area contributed by atoms with Crippen LogP contribution in [0.25, 0.3) is 0 Å². The molecule has 1 aromatic carbocycles. The SMILES string of the molecule is Cc1nc2c(c(N3CCC[C@@H](O)C3)n1)CCN(Cc1ccccc1)C2. The number of fused-ring (bicyclic) bond motifs is 1. The first kappa shape index (κ1) is 16.5. The van der Waals surface area contributed by atoms with Gasteiger partial charge in [0, 0.05) is 38.3 Å². The Kier molecular flexibility index (Phi) is 4.68. The Morgan fingerprint density at radius 2 is 2.00 bits per heavy atom. The van der Waals surface area contributed by atoms with Crippen molar-refractivity contribution in [2.75, 3.05) is 24.5 Å². The lowest BCUT2D eigenvalue weighted by Crippen LogP contribution is -2.41. The number of hydrogen-bond acceptors (Lipinski definition) is 5. The van der Waals surface area contributed by atoms with Crippen molar-refractivity contribution in [1.82, 2.24) is 14.9 Å². The van der Waals surface area contributed by atoms with Crippen molar-refractivity contribution in [3.8, 4) is 0 Å². The van der Waals surface area contributed by atoms with Crippen LogP contribution in [0.4, 0.5) is 5.82 Å². The van der Waals surface area contributed by atoms with Crippen LogP contribution in [0.15, 0.2) is 30.3 Å². The van der Waals surface area contributed by atoms with Crippen molar-refractivity contribution in [3.63, 3.8) is 0 Å². The van der Waals surface area contributed by atoms with E-state index in [4.69, 9.17) is 9.97 Å². The van der Waals surface area contributed by atoms with Gasteiger partial charge in [0.15, 0.2) is 0 Å². The molecule has 1 N–H and O–H groups in total. The summed E-state index contributed by atoms with van der Waals surface area (Å²) in [7, 11) is 0. The van der Waals surface area contributed by atoms with Crippen LogP contribution in [0.2, 0.25) is 0 Å². The summed E-state index contributed by atoms with van der Waals surface area (Å²) in [6.07, 6.45) is 2.66. The number of aryl methyl sites for hydroxylation is 1. The van der Waals surface area contributed by atoms with Crippen LogP contribution in [0, 0.1) is 6.92 Å². The second-order valence-corrected chi connectivity index (χ2v) is 7.21. The fourth-order valence-electron chi connectivity index (χ4n) is 3.97. The molecule has 0 unspecified atom stereocenters. The molecule has 0 aliphatic carbocycles. The molecule has 1 fully saturated rings. The third-order valence-corrected chi connectivity index (χ3v) is 5.18. The number of nitrogens with zero attached hydrogens (tertiary/aromatic N) is 4. The normalized spacial score (nSPS) is 21.2. The standard InChI is InChI=1S/C20H26N4O/c1-15-21-19-14-23(12-16-6-3-2-4-7-16)11-9-18(19)20(22-15)24-10-5-8-17(25)13-24/h2-4,6-7,17,25H,5,8-14H2,1H3/t17-/m1/s1. The average molecular weight is 338 g/mol. The summed E-state index contributed by atoms with van der Waals surface area (Å²) in [5.74, 6) is 1.89. The van der Waals surface area contributed by atoms with E-state index in [0.717, 1.165) is 62.8 Å². The molecular formula is C20H26N4O. The topological polar surface area (TPSA) is 52.5 Å². The number of hydrogen-bond donors (Lipinski definition) is 1. The van der Waals surface area contributed by atoms with Crippen LogP contribution in [-0.2, 0) is 19.5 Å². The fraction of sp³-hybridized carbons (Fsp3) is 0.500. The molecule has 0 radical (unpaired) electrons. The fourth-order valence-corrected chi connectivity index (χ4v) is 3.97. The van der Waals surface area contributed by atoms with E-state index in [-0.39, 0.29) is 6.10 Å². The maximum atomic E-state index is 10.0. The van der Waals surface area contributed by atoms with Gasteiger partial charge in [-0.3, -0.25) is 4.90 Å². The third kappa shape index (κ3) is 3.67. The van der Waals surface area contributed by atoms with E-state index in [2.05, 4.69) is 40.1 Å². The quantitative estimate of drug-likeness (QED) is 0.931. The van der Waals surface area contributed by atoms with E-state index in [9.17, 15) is 5.11 Å². The first-order valence-electron chi connectivity index (χ1n) is 9.25. The second-order valence-electron chi connectivity index (χ2n) is 7.21. The number of β-amino-alcohol motifs (C(OH)–C–C–N with tert-alkyl or cyclic N) is 1. The van der Waals surface area contributed by atoms with Gasteiger partial charge in [0.05, 0.1) is 11.8 Å². The molecular weight excluding hydrogens is 312 g/mol. The molecule has 25 heavy (non-hydrogen) atoms. The van der Waals surface area contributed by atoms with Gasteiger partial charge in [-0.05, 0) is 31.7 Å². The Morgan fingerprint density at radius 3 is 2.80 bits per heavy atom. The monoisotopic (exact) mass is 338 g/mol. The summed E-state index contributed by atoms with van der Waals surface area (Å²) in [6, 6.07) is 10.6. The van der Waals surface area contributed by atoms with Crippen LogP contribution >= 0.6 is 0 Å². The van der Waals surface area contributed by atoms with Crippen molar-refractivity contribution >= 4 is 5.82 Å². The van der Waals surface area contributed by atoms with E-state index in [0.29, 0.717) is 6.54 Å². The van der Waals surface area contributed by atoms with Crippen molar-refractivity contribution in [2.24, 2.45) is 0 Å². The Bertz CT molecular complexity index is 734. The van der Waals surface area contributed by atoms with Gasteiger partial charge >= 0.3 is 0 Å². The smallest absolute Gasteiger partial charge is 0.135 e. The predicted octanol–water partition coefficient (Wildman–Crippen LogP) is 2.30. The van der Waals surface area contributed by atoms with Crippen LogP contribution in [0.1, 0.15) is 35.5 Å². The minimum atomic E-state index is -0.238. The molecule has 0 spiro atoms. The number of aliphatic hydroxyl groups is 1. The molecule has 5 nitrogen and oxygen atoms in total. The molecule has 5 heteroatoms. The lowest BCUT2D eigenvalue weighted by molar-refractivity contribution is 0.153. The summed E-state index contributed by atoms with van der Waals surface area (Å²) >= 11 is 0. The number of aliphatic hydroxyl groups excluding tert-OH is 1. The summed E-state index contributed by atoms with van der Waals surface area (Å²) < 4.78 is 0. The Labute approximate surface area is 149 Å². The van der Waals surface area contributed by atoms with Crippen LogP contribution in [0.3, 0.4) is 0 Å². The molecule has 2 aromatic rings. The zero-order valence-electron chi connectivity index (χ0n) is 14.9. The van der Waals surface area contributed by atoms with Crippen molar-refractivity contribution in [1.29, 1.82) is 0 Å². The summed E-state index contributed by atoms with van der Waals surface area (Å²) in [5.41, 5.74) is 3.78. The zero-order chi connectivity index (χ0) is 17.2. The number of aromatic nitrogens is 2. The maximum absolute atomic E-state index is 10.0. The number of benzene rings is 1. The first-order valence-corrected chi connectivity index (χ1v) is 9.25. The highest BCUT2D eigenvalue weighted by atomic mass is 16.3. The highest BCUT2D eigenvalue weighted by Crippen LogP contribution is 2.29. The molecule has 3 heterocycles. The van der Waals surface area contributed by atoms with Crippen molar-refractivity contribution < 1.29 is 5.11 Å². The molecule has 1 saturated heterocycles. The van der Waals surface area contributed by atoms with Crippen molar-refractivity contribution in [2.45, 2.75) is 45.4 Å². The minimum Gasteiger partial charge on any atom is -0.391 e. The Hall–Kier alpha value is -1.98. The molecule has 1 atom stereocenters. The van der Waals surface area contributed by atoms with Gasteiger partial charge in [0.2, 0.25) is 0 Å². The van der Waals surface area contributed by atoms with E-state index in [1.54, 1.807) is 0 Å². The van der Waals surface area contributed by atoms with Gasteiger partial charge in [0.25, 0.3) is 0 Å². The highest BCUT2D eigenvalue weighted by molar-refractivity contribution is 5.51. The molecule has 0 bridgehead atoms. The summed E-state index contributed by atoms with van der Waals surface area (Å²) in [4.78, 5) is 14.2. The molecule has 0 saturated carbocycles. The van der Waals surface area contributed by atoms with E-state index in [1.807, 2.05) is 6.92 Å². The van der Waals surface area contributed by atoms with Gasteiger partial charge < -0.3 is 10.0 Å². The molecule has 0 amide bonds. The van der Waals surface area contributed by atoms with Crippen LogP contribution in [0.5, 0.6) is 0 Å². The van der Waals surface area contributed by atoms with E-state index >= 15 is 0 Å². The zero-order valence-corrected chi connectivity index (χ0v) is 14.9. The maximum Gasteiger partial charge on any atom is 0.135 e. The summed E-state index contributed by atoms with van der Waals surface area (Å²) in [5, 5.41) is 10.0. The largest absolute Gasteiger partial charge is 0.391 e. The molecule has 132 valence electrons. The molecule has 1 aromatic heterocycles. The number of rotatable bonds is 3. The Balaban J connectivity index is 1.56. The highest BCUT2D eigenvalue weighted by Gasteiger charge is 2.27. The van der Waals surface area contributed by atoms with Crippen LogP contribution in [-0.4, -0.2) is 45.7 Å². The molecule has 4 rings (SSSR count). The average Bonchev–Trinajstić information content (AvgIpc) is 2.61. The first-order chi connectivity index (χ1) is 12.2. The lowest BCUT2D eigenvalue weighted by atomic mass is 10.0. The third-order valence-electron chi connectivity index (χ3n) is 5.18. The number of anilines is 1.